The molecule has 1 N–H and O–H groups in total. The molecule has 0 aliphatic rings. The van der Waals surface area contributed by atoms with E-state index in [-0.39, 0.29) is 16.5 Å². The second-order valence-corrected chi connectivity index (χ2v) is 5.15. The Labute approximate surface area is 93.3 Å². The highest BCUT2D eigenvalue weighted by Crippen LogP contribution is 2.24. The van der Waals surface area contributed by atoms with E-state index in [2.05, 4.69) is 4.72 Å². The molecule has 1 aromatic carbocycles. The van der Waals surface area contributed by atoms with Gasteiger partial charge in [0.15, 0.2) is 0 Å². The third kappa shape index (κ3) is 2.68. The molecule has 0 aromatic heterocycles. The average molecular weight is 252 g/mol. The zero-order valence-corrected chi connectivity index (χ0v) is 9.91. The lowest BCUT2D eigenvalue weighted by atomic mass is 10.2. The van der Waals surface area contributed by atoms with Crippen molar-refractivity contribution in [3.05, 3.63) is 28.5 Å². The van der Waals surface area contributed by atoms with Gasteiger partial charge in [0, 0.05) is 11.6 Å². The van der Waals surface area contributed by atoms with E-state index in [0.29, 0.717) is 5.56 Å². The summed E-state index contributed by atoms with van der Waals surface area (Å²) in [5, 5.41) is 0.103. The first-order valence-corrected chi connectivity index (χ1v) is 6.20. The van der Waals surface area contributed by atoms with Gasteiger partial charge in [0.25, 0.3) is 0 Å². The predicted molar refractivity (Wildman–Crippen MR) is 57.0 cm³/mol. The Kier molecular flexibility index (Phi) is 3.70. The maximum absolute atomic E-state index is 13.0. The maximum Gasteiger partial charge on any atom is 0.240 e. The number of benzene rings is 1. The lowest BCUT2D eigenvalue weighted by molar-refractivity contribution is 0.579. The minimum Gasteiger partial charge on any atom is -0.211 e. The Morgan fingerprint density at radius 1 is 1.47 bits per heavy atom. The fraction of sp³-hybridized carbons (Fsp3) is 0.333. The molecular weight excluding hydrogens is 241 g/mol. The Bertz CT molecular complexity index is 473. The highest BCUT2D eigenvalue weighted by Gasteiger charge is 2.18. The zero-order chi connectivity index (χ0) is 11.6. The second kappa shape index (κ2) is 4.47. The molecule has 0 saturated carbocycles. The third-order valence-corrected chi connectivity index (χ3v) is 3.95. The third-order valence-electron chi connectivity index (χ3n) is 1.89. The summed E-state index contributed by atoms with van der Waals surface area (Å²) in [5.74, 6) is -0.665. The van der Waals surface area contributed by atoms with Gasteiger partial charge in [-0.15, -0.1) is 0 Å². The van der Waals surface area contributed by atoms with Gasteiger partial charge in [-0.05, 0) is 24.6 Å². The highest BCUT2D eigenvalue weighted by atomic mass is 35.5. The molecule has 3 nitrogen and oxygen atoms in total. The molecule has 0 unspecified atom stereocenters. The van der Waals surface area contributed by atoms with Crippen LogP contribution in [-0.2, 0) is 10.0 Å². The number of hydrogen-bond acceptors (Lipinski definition) is 2. The van der Waals surface area contributed by atoms with Crippen molar-refractivity contribution in [3.8, 4) is 0 Å². The maximum atomic E-state index is 13.0. The van der Waals surface area contributed by atoms with Crippen LogP contribution in [0.4, 0.5) is 4.39 Å². The summed E-state index contributed by atoms with van der Waals surface area (Å²) in [6.45, 7) is 3.43. The standard InChI is InChI=1S/C9H11ClFNO2S/c1-3-12-15(13,14)9-5-7(11)4-8(10)6(9)2/h4-5,12H,3H2,1-2H3. The normalized spacial score (nSPS) is 11.7. The molecule has 0 aliphatic carbocycles. The summed E-state index contributed by atoms with van der Waals surface area (Å²) in [5.41, 5.74) is 0.346. The van der Waals surface area contributed by atoms with Crippen molar-refractivity contribution < 1.29 is 12.8 Å². The fourth-order valence-corrected chi connectivity index (χ4v) is 2.75. The topological polar surface area (TPSA) is 46.2 Å². The van der Waals surface area contributed by atoms with Crippen LogP contribution in [0.1, 0.15) is 12.5 Å². The van der Waals surface area contributed by atoms with Gasteiger partial charge in [0.2, 0.25) is 10.0 Å². The average Bonchev–Trinajstić information content (AvgIpc) is 2.11. The van der Waals surface area contributed by atoms with Gasteiger partial charge in [-0.2, -0.15) is 0 Å². The van der Waals surface area contributed by atoms with Crippen molar-refractivity contribution in [3.63, 3.8) is 0 Å². The molecular formula is C9H11ClFNO2S. The van der Waals surface area contributed by atoms with E-state index in [1.807, 2.05) is 0 Å². The molecule has 0 amide bonds. The Balaban J connectivity index is 3.38. The molecule has 0 spiro atoms. The van der Waals surface area contributed by atoms with Crippen molar-refractivity contribution in [2.75, 3.05) is 6.54 Å². The summed E-state index contributed by atoms with van der Waals surface area (Å²) in [6.07, 6.45) is 0. The van der Waals surface area contributed by atoms with Crippen molar-refractivity contribution in [2.24, 2.45) is 0 Å². The van der Waals surface area contributed by atoms with Gasteiger partial charge in [-0.25, -0.2) is 17.5 Å². The number of nitrogens with one attached hydrogen (secondary N) is 1. The lowest BCUT2D eigenvalue weighted by Crippen LogP contribution is -2.24. The van der Waals surface area contributed by atoms with Crippen molar-refractivity contribution in [1.82, 2.24) is 4.72 Å². The van der Waals surface area contributed by atoms with Crippen LogP contribution in [0.25, 0.3) is 0 Å². The van der Waals surface area contributed by atoms with E-state index < -0.39 is 15.8 Å². The molecule has 84 valence electrons. The second-order valence-electron chi connectivity index (χ2n) is 3.01. The van der Waals surface area contributed by atoms with E-state index in [1.54, 1.807) is 6.92 Å². The molecule has 0 bridgehead atoms. The molecule has 1 rings (SSSR count). The van der Waals surface area contributed by atoms with Crippen molar-refractivity contribution >= 4 is 21.6 Å². The molecule has 0 saturated heterocycles. The van der Waals surface area contributed by atoms with Crippen LogP contribution in [0.5, 0.6) is 0 Å². The van der Waals surface area contributed by atoms with Gasteiger partial charge >= 0.3 is 0 Å². The number of rotatable bonds is 3. The summed E-state index contributed by atoms with van der Waals surface area (Å²) in [6, 6.07) is 2.04. The molecule has 15 heavy (non-hydrogen) atoms. The summed E-state index contributed by atoms with van der Waals surface area (Å²) in [4.78, 5) is -0.116. The van der Waals surface area contributed by atoms with Gasteiger partial charge in [0.05, 0.1) is 4.90 Å². The van der Waals surface area contributed by atoms with Gasteiger partial charge < -0.3 is 0 Å². The molecule has 0 radical (unpaired) electrons. The lowest BCUT2D eigenvalue weighted by Gasteiger charge is -2.09. The first-order chi connectivity index (χ1) is 6.88. The largest absolute Gasteiger partial charge is 0.240 e. The summed E-state index contributed by atoms with van der Waals surface area (Å²) in [7, 11) is -3.66. The zero-order valence-electron chi connectivity index (χ0n) is 8.34. The monoisotopic (exact) mass is 251 g/mol. The van der Waals surface area contributed by atoms with Gasteiger partial charge in [-0.3, -0.25) is 0 Å². The van der Waals surface area contributed by atoms with E-state index in [4.69, 9.17) is 11.6 Å². The van der Waals surface area contributed by atoms with Crippen LogP contribution >= 0.6 is 11.6 Å². The molecule has 0 atom stereocenters. The van der Waals surface area contributed by atoms with E-state index in [9.17, 15) is 12.8 Å². The number of hydrogen-bond donors (Lipinski definition) is 1. The molecule has 0 fully saturated rings. The van der Waals surface area contributed by atoms with Crippen LogP contribution in [-0.4, -0.2) is 15.0 Å². The molecule has 6 heteroatoms. The van der Waals surface area contributed by atoms with Gasteiger partial charge in [-0.1, -0.05) is 18.5 Å². The van der Waals surface area contributed by atoms with E-state index >= 15 is 0 Å². The minimum atomic E-state index is -3.66. The van der Waals surface area contributed by atoms with Crippen LogP contribution in [0.3, 0.4) is 0 Å². The summed E-state index contributed by atoms with van der Waals surface area (Å²) < 4.78 is 38.5. The highest BCUT2D eigenvalue weighted by molar-refractivity contribution is 7.89. The van der Waals surface area contributed by atoms with E-state index in [1.165, 1.54) is 6.92 Å². The van der Waals surface area contributed by atoms with Gasteiger partial charge in [0.1, 0.15) is 5.82 Å². The molecule has 0 aliphatic heterocycles. The van der Waals surface area contributed by atoms with E-state index in [0.717, 1.165) is 12.1 Å². The SMILES string of the molecule is CCNS(=O)(=O)c1cc(F)cc(Cl)c1C. The first-order valence-electron chi connectivity index (χ1n) is 4.33. The predicted octanol–water partition coefficient (Wildman–Crippen LogP) is 2.09. The number of halogens is 2. The Hall–Kier alpha value is -0.650. The first kappa shape index (κ1) is 12.4. The molecule has 1 aromatic rings. The van der Waals surface area contributed by atoms with Crippen LogP contribution in [0.15, 0.2) is 17.0 Å². The van der Waals surface area contributed by atoms with Crippen LogP contribution in [0.2, 0.25) is 5.02 Å². The summed E-state index contributed by atoms with van der Waals surface area (Å²) >= 11 is 5.69. The quantitative estimate of drug-likeness (QED) is 0.894. The Morgan fingerprint density at radius 3 is 2.60 bits per heavy atom. The van der Waals surface area contributed by atoms with Crippen molar-refractivity contribution in [2.45, 2.75) is 18.7 Å². The van der Waals surface area contributed by atoms with Crippen LogP contribution in [0, 0.1) is 12.7 Å². The fourth-order valence-electron chi connectivity index (χ4n) is 1.17. The Morgan fingerprint density at radius 2 is 2.07 bits per heavy atom. The molecule has 0 heterocycles. The van der Waals surface area contributed by atoms with Crippen molar-refractivity contribution in [1.29, 1.82) is 0 Å². The number of sulfonamides is 1. The van der Waals surface area contributed by atoms with Crippen LogP contribution < -0.4 is 4.72 Å². The minimum absolute atomic E-state index is 0.103. The smallest absolute Gasteiger partial charge is 0.211 e.